The molecule has 0 heterocycles. The Kier molecular flexibility index (Phi) is 4.35. The van der Waals surface area contributed by atoms with Gasteiger partial charge in [0.1, 0.15) is 17.4 Å². The Morgan fingerprint density at radius 2 is 1.75 bits per heavy atom. The second-order valence-electron chi connectivity index (χ2n) is 4.65. The summed E-state index contributed by atoms with van der Waals surface area (Å²) in [4.78, 5) is 0. The molecule has 0 aromatic heterocycles. The number of ether oxygens (including phenoxy) is 1. The molecular weight excluding hydrogens is 260 g/mol. The molecule has 0 unspecified atom stereocenters. The smallest absolute Gasteiger partial charge is 0.137 e. The van der Waals surface area contributed by atoms with E-state index < -0.39 is 11.6 Å². The maximum atomic E-state index is 14.1. The topological polar surface area (TPSA) is 21.3 Å². The number of rotatable bonds is 4. The molecule has 0 fully saturated rings. The first-order valence-corrected chi connectivity index (χ1v) is 6.34. The number of halogens is 2. The Labute approximate surface area is 117 Å². The van der Waals surface area contributed by atoms with Gasteiger partial charge in [-0.3, -0.25) is 0 Å². The van der Waals surface area contributed by atoms with Crippen LogP contribution in [0.3, 0.4) is 0 Å². The van der Waals surface area contributed by atoms with Gasteiger partial charge >= 0.3 is 0 Å². The Morgan fingerprint density at radius 3 is 2.25 bits per heavy atom. The van der Waals surface area contributed by atoms with Crippen molar-refractivity contribution in [3.05, 3.63) is 53.1 Å². The molecule has 4 heteroatoms. The summed E-state index contributed by atoms with van der Waals surface area (Å²) in [6, 6.07) is 7.92. The van der Waals surface area contributed by atoms with Crippen molar-refractivity contribution in [3.8, 4) is 16.9 Å². The number of aryl methyl sites for hydroxylation is 1. The molecule has 2 aromatic rings. The lowest BCUT2D eigenvalue weighted by Crippen LogP contribution is -2.05. The van der Waals surface area contributed by atoms with Gasteiger partial charge in [0, 0.05) is 18.7 Å². The maximum Gasteiger partial charge on any atom is 0.137 e. The van der Waals surface area contributed by atoms with E-state index >= 15 is 0 Å². The van der Waals surface area contributed by atoms with Crippen molar-refractivity contribution in [2.24, 2.45) is 0 Å². The Hall–Kier alpha value is -1.94. The van der Waals surface area contributed by atoms with E-state index in [9.17, 15) is 8.78 Å². The van der Waals surface area contributed by atoms with Crippen LogP contribution in [0.15, 0.2) is 30.3 Å². The monoisotopic (exact) mass is 277 g/mol. The van der Waals surface area contributed by atoms with Crippen LogP contribution >= 0.6 is 0 Å². The van der Waals surface area contributed by atoms with E-state index in [4.69, 9.17) is 4.74 Å². The highest BCUT2D eigenvalue weighted by Crippen LogP contribution is 2.32. The first kappa shape index (κ1) is 14.5. The van der Waals surface area contributed by atoms with Crippen molar-refractivity contribution >= 4 is 0 Å². The van der Waals surface area contributed by atoms with Gasteiger partial charge in [0.25, 0.3) is 0 Å². The lowest BCUT2D eigenvalue weighted by atomic mass is 9.97. The summed E-state index contributed by atoms with van der Waals surface area (Å²) in [5.41, 5.74) is 2.45. The zero-order valence-electron chi connectivity index (χ0n) is 11.8. The zero-order valence-corrected chi connectivity index (χ0v) is 11.8. The first-order valence-electron chi connectivity index (χ1n) is 6.34. The molecule has 2 nitrogen and oxygen atoms in total. The zero-order chi connectivity index (χ0) is 14.7. The van der Waals surface area contributed by atoms with Gasteiger partial charge in [-0.05, 0) is 30.7 Å². The van der Waals surface area contributed by atoms with Crippen LogP contribution in [0.5, 0.6) is 5.75 Å². The van der Waals surface area contributed by atoms with E-state index in [0.717, 1.165) is 11.1 Å². The fraction of sp³-hybridized carbons (Fsp3) is 0.250. The minimum Gasteiger partial charge on any atom is -0.497 e. The number of nitrogens with one attached hydrogen (secondary N) is 1. The molecular formula is C16H17F2NO. The third-order valence-electron chi connectivity index (χ3n) is 3.19. The number of methoxy groups -OCH3 is 1. The van der Waals surface area contributed by atoms with Crippen molar-refractivity contribution in [2.45, 2.75) is 13.5 Å². The maximum absolute atomic E-state index is 14.1. The molecule has 0 atom stereocenters. The summed E-state index contributed by atoms with van der Waals surface area (Å²) in [7, 11) is 3.23. The minimum absolute atomic E-state index is 0.0145. The predicted octanol–water partition coefficient (Wildman–Crippen LogP) is 3.67. The molecule has 20 heavy (non-hydrogen) atoms. The molecule has 0 saturated carbocycles. The van der Waals surface area contributed by atoms with Crippen LogP contribution in [0.4, 0.5) is 8.78 Å². The van der Waals surface area contributed by atoms with Gasteiger partial charge < -0.3 is 10.1 Å². The van der Waals surface area contributed by atoms with Crippen LogP contribution in [0.25, 0.3) is 11.1 Å². The summed E-state index contributed by atoms with van der Waals surface area (Å²) in [5, 5.41) is 3.04. The highest BCUT2D eigenvalue weighted by atomic mass is 19.1. The second kappa shape index (κ2) is 6.01. The quantitative estimate of drug-likeness (QED) is 0.920. The van der Waals surface area contributed by atoms with Gasteiger partial charge in [-0.1, -0.05) is 18.2 Å². The lowest BCUT2D eigenvalue weighted by Gasteiger charge is -2.12. The van der Waals surface area contributed by atoms with Gasteiger partial charge in [-0.15, -0.1) is 0 Å². The molecule has 0 spiro atoms. The van der Waals surface area contributed by atoms with E-state index in [0.29, 0.717) is 12.1 Å². The van der Waals surface area contributed by atoms with Gasteiger partial charge in [-0.25, -0.2) is 8.78 Å². The highest BCUT2D eigenvalue weighted by molar-refractivity contribution is 5.69. The van der Waals surface area contributed by atoms with Crippen molar-refractivity contribution in [3.63, 3.8) is 0 Å². The number of benzene rings is 2. The molecule has 0 saturated heterocycles. The summed E-state index contributed by atoms with van der Waals surface area (Å²) in [6.07, 6.45) is 0. The molecule has 0 amide bonds. The third-order valence-corrected chi connectivity index (χ3v) is 3.19. The second-order valence-corrected chi connectivity index (χ2v) is 4.65. The van der Waals surface area contributed by atoms with Crippen LogP contribution < -0.4 is 10.1 Å². The summed E-state index contributed by atoms with van der Waals surface area (Å²) >= 11 is 0. The molecule has 0 aliphatic heterocycles. The van der Waals surface area contributed by atoms with Gasteiger partial charge in [0.2, 0.25) is 0 Å². The Bertz CT molecular complexity index is 603. The van der Waals surface area contributed by atoms with Crippen LogP contribution in [-0.2, 0) is 6.54 Å². The average Bonchev–Trinajstić information content (AvgIpc) is 2.40. The van der Waals surface area contributed by atoms with Gasteiger partial charge in [-0.2, -0.15) is 0 Å². The minimum atomic E-state index is -0.619. The van der Waals surface area contributed by atoms with Crippen LogP contribution in [0.2, 0.25) is 0 Å². The third kappa shape index (κ3) is 2.80. The van der Waals surface area contributed by atoms with E-state index in [-0.39, 0.29) is 11.3 Å². The van der Waals surface area contributed by atoms with Crippen molar-refractivity contribution in [2.75, 3.05) is 14.2 Å². The van der Waals surface area contributed by atoms with Gasteiger partial charge in [0.15, 0.2) is 0 Å². The molecule has 0 aliphatic carbocycles. The van der Waals surface area contributed by atoms with E-state index in [1.807, 2.05) is 26.1 Å². The SMILES string of the molecule is CNCc1ccc(-c2c(F)cc(OC)cc2F)c(C)c1. The molecule has 0 bridgehead atoms. The largest absolute Gasteiger partial charge is 0.497 e. The van der Waals surface area contributed by atoms with Crippen molar-refractivity contribution in [1.29, 1.82) is 0 Å². The predicted molar refractivity (Wildman–Crippen MR) is 75.8 cm³/mol. The first-order chi connectivity index (χ1) is 9.56. The molecule has 106 valence electrons. The summed E-state index contributed by atoms with van der Waals surface area (Å²) < 4.78 is 33.0. The lowest BCUT2D eigenvalue weighted by molar-refractivity contribution is 0.407. The van der Waals surface area contributed by atoms with E-state index in [1.165, 1.54) is 19.2 Å². The average molecular weight is 277 g/mol. The fourth-order valence-electron chi connectivity index (χ4n) is 2.25. The molecule has 0 aliphatic rings. The highest BCUT2D eigenvalue weighted by Gasteiger charge is 2.15. The number of hydrogen-bond acceptors (Lipinski definition) is 2. The molecule has 0 radical (unpaired) electrons. The van der Waals surface area contributed by atoms with Gasteiger partial charge in [0.05, 0.1) is 12.7 Å². The van der Waals surface area contributed by atoms with Crippen molar-refractivity contribution < 1.29 is 13.5 Å². The normalized spacial score (nSPS) is 10.7. The standard InChI is InChI=1S/C16H17F2NO/c1-10-6-11(9-19-2)4-5-13(10)16-14(17)7-12(20-3)8-15(16)18/h4-8,19H,9H2,1-3H3. The Balaban J connectivity index is 2.51. The summed E-state index contributed by atoms with van der Waals surface area (Å²) in [6.45, 7) is 2.56. The fourth-order valence-corrected chi connectivity index (χ4v) is 2.25. The molecule has 1 N–H and O–H groups in total. The Morgan fingerprint density at radius 1 is 1.10 bits per heavy atom. The van der Waals surface area contributed by atoms with Crippen LogP contribution in [0.1, 0.15) is 11.1 Å². The molecule has 2 rings (SSSR count). The van der Waals surface area contributed by atoms with E-state index in [2.05, 4.69) is 5.32 Å². The summed E-state index contributed by atoms with van der Waals surface area (Å²) in [5.74, 6) is -1.06. The van der Waals surface area contributed by atoms with E-state index in [1.54, 1.807) is 6.07 Å². The van der Waals surface area contributed by atoms with Crippen molar-refractivity contribution in [1.82, 2.24) is 5.32 Å². The number of hydrogen-bond donors (Lipinski definition) is 1. The molecule has 2 aromatic carbocycles. The van der Waals surface area contributed by atoms with Crippen LogP contribution in [0, 0.1) is 18.6 Å². The van der Waals surface area contributed by atoms with Crippen LogP contribution in [-0.4, -0.2) is 14.2 Å².